The molecule has 2 aromatic rings. The molecule has 1 aliphatic carbocycles. The Morgan fingerprint density at radius 1 is 1.32 bits per heavy atom. The van der Waals surface area contributed by atoms with Crippen molar-refractivity contribution >= 4 is 0 Å². The van der Waals surface area contributed by atoms with Crippen LogP contribution in [0.5, 0.6) is 0 Å². The predicted molar refractivity (Wildman–Crippen MR) is 72.7 cm³/mol. The van der Waals surface area contributed by atoms with Crippen LogP contribution < -0.4 is 5.32 Å². The van der Waals surface area contributed by atoms with E-state index in [0.29, 0.717) is 6.04 Å². The lowest BCUT2D eigenvalue weighted by Crippen LogP contribution is -2.16. The summed E-state index contributed by atoms with van der Waals surface area (Å²) < 4.78 is 5.27. The second-order valence-corrected chi connectivity index (χ2v) is 5.25. The Balaban J connectivity index is 1.51. The molecule has 19 heavy (non-hydrogen) atoms. The van der Waals surface area contributed by atoms with Crippen LogP contribution in [0.15, 0.2) is 28.8 Å². The third-order valence-corrected chi connectivity index (χ3v) is 3.35. The Morgan fingerprint density at radius 3 is 3.00 bits per heavy atom. The van der Waals surface area contributed by atoms with Crippen molar-refractivity contribution in [1.29, 1.82) is 0 Å². The van der Waals surface area contributed by atoms with Crippen LogP contribution in [0.25, 0.3) is 0 Å². The van der Waals surface area contributed by atoms with Crippen LogP contribution in [0.1, 0.15) is 35.7 Å². The molecule has 0 aliphatic heterocycles. The van der Waals surface area contributed by atoms with Crippen molar-refractivity contribution in [3.8, 4) is 0 Å². The first kappa shape index (κ1) is 12.4. The van der Waals surface area contributed by atoms with Gasteiger partial charge < -0.3 is 9.84 Å². The van der Waals surface area contributed by atoms with Gasteiger partial charge in [-0.15, -0.1) is 0 Å². The number of hydrogen-bond acceptors (Lipinski definition) is 4. The Labute approximate surface area is 113 Å². The Hall–Kier alpha value is -1.68. The van der Waals surface area contributed by atoms with Gasteiger partial charge in [-0.05, 0) is 31.7 Å². The van der Waals surface area contributed by atoms with E-state index in [4.69, 9.17) is 4.52 Å². The Morgan fingerprint density at radius 2 is 2.21 bits per heavy atom. The molecule has 1 aromatic carbocycles. The number of aryl methyl sites for hydroxylation is 3. The normalized spacial score (nSPS) is 14.8. The second-order valence-electron chi connectivity index (χ2n) is 5.25. The van der Waals surface area contributed by atoms with Crippen LogP contribution in [-0.2, 0) is 19.4 Å². The number of rotatable bonds is 6. The molecule has 4 nitrogen and oxygen atoms in total. The fourth-order valence-corrected chi connectivity index (χ4v) is 2.11. The lowest BCUT2D eigenvalue weighted by Gasteiger charge is -1.99. The molecule has 0 unspecified atom stereocenters. The zero-order valence-corrected chi connectivity index (χ0v) is 11.2. The van der Waals surface area contributed by atoms with E-state index >= 15 is 0 Å². The van der Waals surface area contributed by atoms with Crippen molar-refractivity contribution in [3.05, 3.63) is 47.1 Å². The van der Waals surface area contributed by atoms with Gasteiger partial charge in [0.25, 0.3) is 0 Å². The maximum Gasteiger partial charge on any atom is 0.227 e. The molecule has 0 amide bonds. The molecule has 0 atom stereocenters. The van der Waals surface area contributed by atoms with Gasteiger partial charge in [0.15, 0.2) is 5.82 Å². The van der Waals surface area contributed by atoms with E-state index in [2.05, 4.69) is 46.6 Å². The van der Waals surface area contributed by atoms with Gasteiger partial charge in [0.1, 0.15) is 0 Å². The SMILES string of the molecule is Cc1cccc(CCc2nc(CNC3CC3)no2)c1. The summed E-state index contributed by atoms with van der Waals surface area (Å²) in [6.07, 6.45) is 4.30. The van der Waals surface area contributed by atoms with Gasteiger partial charge in [0.2, 0.25) is 5.89 Å². The standard InChI is InChI=1S/C15H19N3O/c1-11-3-2-4-12(9-11)5-8-15-17-14(18-19-15)10-16-13-6-7-13/h2-4,9,13,16H,5-8,10H2,1H3. The van der Waals surface area contributed by atoms with E-state index in [1.54, 1.807) is 0 Å². The Bertz CT molecular complexity index is 546. The molecule has 0 bridgehead atoms. The van der Waals surface area contributed by atoms with Gasteiger partial charge in [-0.3, -0.25) is 0 Å². The molecule has 0 radical (unpaired) electrons. The van der Waals surface area contributed by atoms with Gasteiger partial charge in [0.05, 0.1) is 6.54 Å². The highest BCUT2D eigenvalue weighted by Gasteiger charge is 2.20. The van der Waals surface area contributed by atoms with Crippen LogP contribution in [0.3, 0.4) is 0 Å². The minimum atomic E-state index is 0.675. The minimum Gasteiger partial charge on any atom is -0.339 e. The maximum atomic E-state index is 5.27. The van der Waals surface area contributed by atoms with Crippen molar-refractivity contribution in [2.24, 2.45) is 0 Å². The van der Waals surface area contributed by atoms with Crippen LogP contribution in [0, 0.1) is 6.92 Å². The first-order chi connectivity index (χ1) is 9.29. The van der Waals surface area contributed by atoms with Gasteiger partial charge >= 0.3 is 0 Å². The first-order valence-corrected chi connectivity index (χ1v) is 6.90. The average molecular weight is 257 g/mol. The van der Waals surface area contributed by atoms with Crippen molar-refractivity contribution < 1.29 is 4.52 Å². The first-order valence-electron chi connectivity index (χ1n) is 6.90. The van der Waals surface area contributed by atoms with Gasteiger partial charge in [-0.25, -0.2) is 0 Å². The minimum absolute atomic E-state index is 0.675. The van der Waals surface area contributed by atoms with E-state index in [-0.39, 0.29) is 0 Å². The van der Waals surface area contributed by atoms with E-state index in [1.165, 1.54) is 24.0 Å². The summed E-state index contributed by atoms with van der Waals surface area (Å²) in [4.78, 5) is 4.41. The highest BCUT2D eigenvalue weighted by molar-refractivity contribution is 5.22. The summed E-state index contributed by atoms with van der Waals surface area (Å²) in [7, 11) is 0. The summed E-state index contributed by atoms with van der Waals surface area (Å²) in [5.41, 5.74) is 2.60. The molecule has 1 N–H and O–H groups in total. The van der Waals surface area contributed by atoms with Crippen LogP contribution >= 0.6 is 0 Å². The van der Waals surface area contributed by atoms with Crippen LogP contribution in [0.4, 0.5) is 0 Å². The topological polar surface area (TPSA) is 51.0 Å². The number of nitrogens with one attached hydrogen (secondary N) is 1. The summed E-state index contributed by atoms with van der Waals surface area (Å²) >= 11 is 0. The lowest BCUT2D eigenvalue weighted by molar-refractivity contribution is 0.371. The molecule has 1 aromatic heterocycles. The van der Waals surface area contributed by atoms with Gasteiger partial charge in [-0.2, -0.15) is 4.98 Å². The van der Waals surface area contributed by atoms with Crippen molar-refractivity contribution in [1.82, 2.24) is 15.5 Å². The summed E-state index contributed by atoms with van der Waals surface area (Å²) in [6, 6.07) is 9.21. The van der Waals surface area contributed by atoms with Crippen molar-refractivity contribution in [2.75, 3.05) is 0 Å². The van der Waals surface area contributed by atoms with E-state index in [0.717, 1.165) is 31.1 Å². The fraction of sp³-hybridized carbons (Fsp3) is 0.467. The third kappa shape index (κ3) is 3.64. The number of benzene rings is 1. The summed E-state index contributed by atoms with van der Waals surface area (Å²) in [5.74, 6) is 1.50. The molecule has 1 aliphatic rings. The molecule has 3 rings (SSSR count). The van der Waals surface area contributed by atoms with Gasteiger partial charge in [0, 0.05) is 12.5 Å². The van der Waals surface area contributed by atoms with E-state index < -0.39 is 0 Å². The lowest BCUT2D eigenvalue weighted by atomic mass is 10.1. The Kier molecular flexibility index (Phi) is 3.60. The summed E-state index contributed by atoms with van der Waals surface area (Å²) in [5, 5.41) is 7.38. The zero-order chi connectivity index (χ0) is 13.1. The monoisotopic (exact) mass is 257 g/mol. The van der Waals surface area contributed by atoms with E-state index in [1.807, 2.05) is 0 Å². The van der Waals surface area contributed by atoms with Crippen molar-refractivity contribution in [2.45, 2.75) is 45.2 Å². The maximum absolute atomic E-state index is 5.27. The number of aromatic nitrogens is 2. The summed E-state index contributed by atoms with van der Waals surface area (Å²) in [6.45, 7) is 2.83. The highest BCUT2D eigenvalue weighted by Crippen LogP contribution is 2.18. The molecule has 4 heteroatoms. The second kappa shape index (κ2) is 5.53. The van der Waals surface area contributed by atoms with E-state index in [9.17, 15) is 0 Å². The average Bonchev–Trinajstić information content (AvgIpc) is 3.13. The third-order valence-electron chi connectivity index (χ3n) is 3.35. The number of hydrogen-bond donors (Lipinski definition) is 1. The molecular formula is C15H19N3O. The molecule has 1 fully saturated rings. The zero-order valence-electron chi connectivity index (χ0n) is 11.2. The molecule has 0 spiro atoms. The van der Waals surface area contributed by atoms with Crippen LogP contribution in [0.2, 0.25) is 0 Å². The molecule has 1 saturated carbocycles. The van der Waals surface area contributed by atoms with Crippen molar-refractivity contribution in [3.63, 3.8) is 0 Å². The molecule has 0 saturated heterocycles. The number of nitrogens with zero attached hydrogens (tertiary/aromatic N) is 2. The molecular weight excluding hydrogens is 238 g/mol. The predicted octanol–water partition coefficient (Wildman–Crippen LogP) is 2.42. The molecule has 100 valence electrons. The van der Waals surface area contributed by atoms with Crippen LogP contribution in [-0.4, -0.2) is 16.2 Å². The van der Waals surface area contributed by atoms with Gasteiger partial charge in [-0.1, -0.05) is 35.0 Å². The smallest absolute Gasteiger partial charge is 0.227 e. The largest absolute Gasteiger partial charge is 0.339 e. The quantitative estimate of drug-likeness (QED) is 0.863. The highest BCUT2D eigenvalue weighted by atomic mass is 16.5. The fourth-order valence-electron chi connectivity index (χ4n) is 2.11. The molecule has 1 heterocycles.